The first kappa shape index (κ1) is 26.0. The average Bonchev–Trinajstić information content (AvgIpc) is 2.65. The molecule has 0 saturated carbocycles. The number of anilines is 1. The van der Waals surface area contributed by atoms with Gasteiger partial charge in [-0.1, -0.05) is 26.5 Å². The zero-order valence-electron chi connectivity index (χ0n) is 19.5. The lowest BCUT2D eigenvalue weighted by Gasteiger charge is -2.24. The van der Waals surface area contributed by atoms with Crippen molar-refractivity contribution < 1.29 is 28.6 Å². The molecule has 1 unspecified atom stereocenters. The Kier molecular flexibility index (Phi) is 9.55. The van der Waals surface area contributed by atoms with Crippen molar-refractivity contribution in [2.45, 2.75) is 59.6 Å². The molecule has 0 saturated heterocycles. The lowest BCUT2D eigenvalue weighted by molar-refractivity contribution is -0.118. The van der Waals surface area contributed by atoms with Crippen LogP contribution in [-0.4, -0.2) is 43.3 Å². The van der Waals surface area contributed by atoms with Crippen molar-refractivity contribution in [2.75, 3.05) is 19.0 Å². The molecule has 0 aliphatic heterocycles. The number of esters is 1. The van der Waals surface area contributed by atoms with Gasteiger partial charge < -0.3 is 24.8 Å². The third kappa shape index (κ3) is 7.96. The predicted molar refractivity (Wildman–Crippen MR) is 120 cm³/mol. The van der Waals surface area contributed by atoms with Gasteiger partial charge in [0.15, 0.2) is 0 Å². The average molecular weight is 435 g/mol. The third-order valence-corrected chi connectivity index (χ3v) is 4.06. The minimum atomic E-state index is -0.866. The zero-order valence-corrected chi connectivity index (χ0v) is 19.5. The fraction of sp³-hybridized carbons (Fsp3) is 0.522. The molecule has 0 aromatic heterocycles. The summed E-state index contributed by atoms with van der Waals surface area (Å²) >= 11 is 0. The number of alkyl carbamates (subject to hydrolysis) is 1. The number of hydrogen-bond acceptors (Lipinski definition) is 6. The first-order chi connectivity index (χ1) is 14.4. The van der Waals surface area contributed by atoms with Gasteiger partial charge >= 0.3 is 12.1 Å². The lowest BCUT2D eigenvalue weighted by atomic mass is 10.0. The molecule has 0 spiro atoms. The summed E-state index contributed by atoms with van der Waals surface area (Å²) in [5, 5.41) is 5.34. The van der Waals surface area contributed by atoms with Gasteiger partial charge in [0.05, 0.1) is 19.4 Å². The van der Waals surface area contributed by atoms with Crippen molar-refractivity contribution in [1.29, 1.82) is 0 Å². The van der Waals surface area contributed by atoms with E-state index in [1.165, 1.54) is 7.11 Å². The SMILES string of the molecule is C=Cc1ccc(NC(=O)C(CC(C)C)NC(=O)OC(C)(C)C)c(C(=O)OCC)c1OC. The smallest absolute Gasteiger partial charge is 0.408 e. The maximum atomic E-state index is 13.0. The van der Waals surface area contributed by atoms with E-state index in [9.17, 15) is 14.4 Å². The van der Waals surface area contributed by atoms with Gasteiger partial charge in [-0.3, -0.25) is 4.79 Å². The van der Waals surface area contributed by atoms with Crippen LogP contribution in [0.1, 0.15) is 63.9 Å². The van der Waals surface area contributed by atoms with E-state index in [1.54, 1.807) is 45.9 Å². The van der Waals surface area contributed by atoms with Gasteiger partial charge in [-0.2, -0.15) is 0 Å². The van der Waals surface area contributed by atoms with E-state index in [2.05, 4.69) is 17.2 Å². The summed E-state index contributed by atoms with van der Waals surface area (Å²) < 4.78 is 15.8. The summed E-state index contributed by atoms with van der Waals surface area (Å²) in [4.78, 5) is 37.9. The first-order valence-electron chi connectivity index (χ1n) is 10.2. The number of methoxy groups -OCH3 is 1. The van der Waals surface area contributed by atoms with Crippen LogP contribution in [0.4, 0.5) is 10.5 Å². The molecule has 0 bridgehead atoms. The minimum absolute atomic E-state index is 0.0793. The summed E-state index contributed by atoms with van der Waals surface area (Å²) in [7, 11) is 1.42. The summed E-state index contributed by atoms with van der Waals surface area (Å²) in [5.41, 5.74) is 0.170. The summed E-state index contributed by atoms with van der Waals surface area (Å²) in [5.74, 6) is -0.767. The van der Waals surface area contributed by atoms with E-state index < -0.39 is 29.6 Å². The van der Waals surface area contributed by atoms with E-state index in [0.717, 1.165) is 0 Å². The second kappa shape index (κ2) is 11.4. The highest BCUT2D eigenvalue weighted by Gasteiger charge is 2.28. The topological polar surface area (TPSA) is 103 Å². The Morgan fingerprint density at radius 3 is 2.32 bits per heavy atom. The molecule has 8 heteroatoms. The van der Waals surface area contributed by atoms with Crippen molar-refractivity contribution in [3.63, 3.8) is 0 Å². The fourth-order valence-corrected chi connectivity index (χ4v) is 2.86. The highest BCUT2D eigenvalue weighted by molar-refractivity contribution is 6.06. The van der Waals surface area contributed by atoms with E-state index in [0.29, 0.717) is 12.0 Å². The van der Waals surface area contributed by atoms with Crippen molar-refractivity contribution in [1.82, 2.24) is 5.32 Å². The number of hydrogen-bond donors (Lipinski definition) is 2. The third-order valence-electron chi connectivity index (χ3n) is 4.06. The molecular formula is C23H34N2O6. The zero-order chi connectivity index (χ0) is 23.8. The van der Waals surface area contributed by atoms with Gasteiger partial charge in [0.1, 0.15) is 23.0 Å². The van der Waals surface area contributed by atoms with Crippen LogP contribution in [0, 0.1) is 5.92 Å². The number of carbonyl (C=O) groups excluding carboxylic acids is 3. The molecule has 31 heavy (non-hydrogen) atoms. The Morgan fingerprint density at radius 2 is 1.84 bits per heavy atom. The molecule has 2 N–H and O–H groups in total. The largest absolute Gasteiger partial charge is 0.495 e. The molecule has 8 nitrogen and oxygen atoms in total. The molecule has 172 valence electrons. The summed E-state index contributed by atoms with van der Waals surface area (Å²) in [6.45, 7) is 14.6. The number of ether oxygens (including phenoxy) is 3. The second-order valence-electron chi connectivity index (χ2n) is 8.35. The number of amides is 2. The van der Waals surface area contributed by atoms with Gasteiger partial charge in [0.25, 0.3) is 0 Å². The van der Waals surface area contributed by atoms with Crippen LogP contribution in [0.5, 0.6) is 5.75 Å². The molecule has 0 aliphatic rings. The van der Waals surface area contributed by atoms with E-state index in [4.69, 9.17) is 14.2 Å². The van der Waals surface area contributed by atoms with Gasteiger partial charge in [-0.15, -0.1) is 0 Å². The van der Waals surface area contributed by atoms with E-state index in [1.807, 2.05) is 13.8 Å². The van der Waals surface area contributed by atoms with Crippen LogP contribution in [0.3, 0.4) is 0 Å². The van der Waals surface area contributed by atoms with E-state index >= 15 is 0 Å². The Bertz CT molecular complexity index is 811. The van der Waals surface area contributed by atoms with Crippen molar-refractivity contribution in [3.05, 3.63) is 29.8 Å². The molecule has 1 aromatic carbocycles. The van der Waals surface area contributed by atoms with Gasteiger partial charge in [-0.25, -0.2) is 9.59 Å². The highest BCUT2D eigenvalue weighted by Crippen LogP contribution is 2.32. The van der Waals surface area contributed by atoms with Crippen molar-refractivity contribution in [3.8, 4) is 5.75 Å². The monoisotopic (exact) mass is 434 g/mol. The molecule has 0 aliphatic carbocycles. The maximum Gasteiger partial charge on any atom is 0.408 e. The minimum Gasteiger partial charge on any atom is -0.495 e. The number of benzene rings is 1. The predicted octanol–water partition coefficient (Wildman–Crippen LogP) is 4.39. The second-order valence-corrected chi connectivity index (χ2v) is 8.35. The molecule has 0 heterocycles. The number of nitrogens with one attached hydrogen (secondary N) is 2. The normalized spacial score (nSPS) is 12.0. The molecule has 2 amide bonds. The van der Waals surface area contributed by atoms with Crippen molar-refractivity contribution >= 4 is 29.7 Å². The fourth-order valence-electron chi connectivity index (χ4n) is 2.86. The molecule has 1 rings (SSSR count). The first-order valence-corrected chi connectivity index (χ1v) is 10.2. The van der Waals surface area contributed by atoms with Gasteiger partial charge in [-0.05, 0) is 52.2 Å². The summed E-state index contributed by atoms with van der Waals surface area (Å²) in [6.07, 6.45) is 1.22. The van der Waals surface area contributed by atoms with Crippen LogP contribution >= 0.6 is 0 Å². The van der Waals surface area contributed by atoms with Gasteiger partial charge in [0.2, 0.25) is 5.91 Å². The Labute approximate surface area is 184 Å². The van der Waals surface area contributed by atoms with Crippen LogP contribution in [0.25, 0.3) is 6.08 Å². The Morgan fingerprint density at radius 1 is 1.19 bits per heavy atom. The van der Waals surface area contributed by atoms with Crippen LogP contribution in [0.15, 0.2) is 18.7 Å². The van der Waals surface area contributed by atoms with Crippen LogP contribution < -0.4 is 15.4 Å². The van der Waals surface area contributed by atoms with E-state index in [-0.39, 0.29) is 29.5 Å². The Hall–Kier alpha value is -3.03. The Balaban J connectivity index is 3.26. The highest BCUT2D eigenvalue weighted by atomic mass is 16.6. The van der Waals surface area contributed by atoms with Crippen molar-refractivity contribution in [2.24, 2.45) is 5.92 Å². The van der Waals surface area contributed by atoms with Crippen LogP contribution in [-0.2, 0) is 14.3 Å². The molecule has 0 radical (unpaired) electrons. The van der Waals surface area contributed by atoms with Crippen LogP contribution in [0.2, 0.25) is 0 Å². The number of rotatable bonds is 9. The molecule has 1 atom stereocenters. The molecule has 1 aromatic rings. The maximum absolute atomic E-state index is 13.0. The van der Waals surface area contributed by atoms with Gasteiger partial charge in [0, 0.05) is 5.56 Å². The lowest BCUT2D eigenvalue weighted by Crippen LogP contribution is -2.46. The molecule has 0 fully saturated rings. The molecular weight excluding hydrogens is 400 g/mol. The summed E-state index contributed by atoms with van der Waals surface area (Å²) in [6, 6.07) is 2.38. The quantitative estimate of drug-likeness (QED) is 0.559. The number of carbonyl (C=O) groups is 3. The standard InChI is InChI=1S/C23H34N2O6/c1-9-15-11-12-16(18(19(15)29-8)21(27)30-10-2)24-20(26)17(13-14(3)4)25-22(28)31-23(5,6)7/h9,11-12,14,17H,1,10,13H2,2-8H3,(H,24,26)(H,25,28).